The van der Waals surface area contributed by atoms with Gasteiger partial charge in [-0.15, -0.1) is 24.0 Å². The molecule has 0 unspecified atom stereocenters. The number of guanidine groups is 1. The molecule has 1 heterocycles. The molecule has 0 saturated carbocycles. The lowest BCUT2D eigenvalue weighted by molar-refractivity contribution is -0.153. The minimum Gasteiger partial charge on any atom is -0.459 e. The Hall–Kier alpha value is -1.32. The molecule has 144 valence electrons. The van der Waals surface area contributed by atoms with Crippen molar-refractivity contribution in [2.24, 2.45) is 4.99 Å². The van der Waals surface area contributed by atoms with E-state index >= 15 is 0 Å². The van der Waals surface area contributed by atoms with Crippen LogP contribution < -0.4 is 10.6 Å². The first-order valence-electron chi connectivity index (χ1n) is 8.20. The van der Waals surface area contributed by atoms with Crippen molar-refractivity contribution in [3.63, 3.8) is 0 Å². The zero-order valence-electron chi connectivity index (χ0n) is 16.2. The summed E-state index contributed by atoms with van der Waals surface area (Å²) in [4.78, 5) is 20.4. The number of carbonyl (C=O) groups is 1. The number of hydrogen-bond acceptors (Lipinski definition) is 5. The molecule has 1 rings (SSSR count). The minimum atomic E-state index is -0.504. The number of halogens is 1. The van der Waals surface area contributed by atoms with Gasteiger partial charge in [-0.25, -0.2) is 9.98 Å². The number of hydrogen-bond donors (Lipinski definition) is 2. The van der Waals surface area contributed by atoms with Gasteiger partial charge in [-0.1, -0.05) is 20.8 Å². The summed E-state index contributed by atoms with van der Waals surface area (Å²) in [6.07, 6.45) is 1.73. The van der Waals surface area contributed by atoms with Gasteiger partial charge in [0.25, 0.3) is 0 Å². The molecule has 25 heavy (non-hydrogen) atoms. The van der Waals surface area contributed by atoms with Crippen LogP contribution in [0.1, 0.15) is 60.1 Å². The van der Waals surface area contributed by atoms with E-state index in [0.29, 0.717) is 24.9 Å². The van der Waals surface area contributed by atoms with Gasteiger partial charge in [-0.2, -0.15) is 0 Å². The highest BCUT2D eigenvalue weighted by atomic mass is 127. The monoisotopic (exact) mass is 466 g/mol. The lowest BCUT2D eigenvalue weighted by Crippen LogP contribution is -2.41. The van der Waals surface area contributed by atoms with E-state index in [0.717, 1.165) is 5.76 Å². The summed E-state index contributed by atoms with van der Waals surface area (Å²) in [7, 11) is 0. The van der Waals surface area contributed by atoms with Crippen molar-refractivity contribution in [1.82, 2.24) is 15.6 Å². The summed E-state index contributed by atoms with van der Waals surface area (Å²) in [6.45, 7) is 14.7. The average Bonchev–Trinajstić information content (AvgIpc) is 2.89. The highest BCUT2D eigenvalue weighted by molar-refractivity contribution is 14.0. The molecular weight excluding hydrogens is 435 g/mol. The van der Waals surface area contributed by atoms with E-state index in [1.807, 2.05) is 27.7 Å². The van der Waals surface area contributed by atoms with Gasteiger partial charge in [-0.05, 0) is 27.7 Å². The van der Waals surface area contributed by atoms with Crippen LogP contribution in [0.5, 0.6) is 0 Å². The number of rotatable bonds is 5. The van der Waals surface area contributed by atoms with Gasteiger partial charge in [-0.3, -0.25) is 4.79 Å². The second-order valence-electron chi connectivity index (χ2n) is 7.50. The highest BCUT2D eigenvalue weighted by Gasteiger charge is 2.19. The van der Waals surface area contributed by atoms with Crippen LogP contribution in [-0.2, 0) is 21.5 Å². The number of nitrogens with zero attached hydrogens (tertiary/aromatic N) is 2. The first-order valence-corrected chi connectivity index (χ1v) is 8.20. The molecule has 7 nitrogen and oxygen atoms in total. The summed E-state index contributed by atoms with van der Waals surface area (Å²) in [6, 6.07) is 0. The second-order valence-corrected chi connectivity index (χ2v) is 7.50. The molecule has 0 amide bonds. The molecule has 8 heteroatoms. The zero-order valence-corrected chi connectivity index (χ0v) is 18.6. The summed E-state index contributed by atoms with van der Waals surface area (Å²) < 4.78 is 11.0. The summed E-state index contributed by atoms with van der Waals surface area (Å²) in [5, 5.41) is 6.01. The van der Waals surface area contributed by atoms with E-state index in [1.165, 1.54) is 0 Å². The third-order valence-corrected chi connectivity index (χ3v) is 2.83. The number of aromatic nitrogens is 1. The first-order chi connectivity index (χ1) is 11.0. The maximum atomic E-state index is 11.8. The molecule has 0 radical (unpaired) electrons. The highest BCUT2D eigenvalue weighted by Crippen LogP contribution is 2.22. The molecule has 1 aromatic heterocycles. The third-order valence-electron chi connectivity index (χ3n) is 2.83. The number of esters is 1. The summed E-state index contributed by atoms with van der Waals surface area (Å²) >= 11 is 0. The second kappa shape index (κ2) is 9.98. The first kappa shape index (κ1) is 23.7. The average molecular weight is 466 g/mol. The Balaban J connectivity index is 0.00000576. The van der Waals surface area contributed by atoms with Crippen LogP contribution in [0.15, 0.2) is 15.6 Å². The molecule has 0 aliphatic heterocycles. The van der Waals surface area contributed by atoms with Crippen molar-refractivity contribution >= 4 is 35.9 Å². The van der Waals surface area contributed by atoms with Crippen molar-refractivity contribution in [3.05, 3.63) is 17.8 Å². The van der Waals surface area contributed by atoms with Crippen LogP contribution in [0.3, 0.4) is 0 Å². The van der Waals surface area contributed by atoms with Crippen molar-refractivity contribution < 1.29 is 13.9 Å². The zero-order chi connectivity index (χ0) is 18.4. The van der Waals surface area contributed by atoms with Crippen molar-refractivity contribution in [1.29, 1.82) is 0 Å². The standard InChI is InChI=1S/C17H30N4O3.HI/c1-8-18-15(21-11-14(22)24-17(5,6)7)20-10-13-19-9-12(23-13)16(2,3)4;/h9H,8,10-11H2,1-7H3,(H2,18,20,21);1H. The van der Waals surface area contributed by atoms with Gasteiger partial charge < -0.3 is 19.8 Å². The van der Waals surface area contributed by atoms with E-state index in [4.69, 9.17) is 9.15 Å². The molecule has 0 saturated heterocycles. The molecule has 0 fully saturated rings. The number of carbonyl (C=O) groups excluding carboxylic acids is 1. The van der Waals surface area contributed by atoms with E-state index in [9.17, 15) is 4.79 Å². The smallest absolute Gasteiger partial charge is 0.325 e. The topological polar surface area (TPSA) is 88.8 Å². The van der Waals surface area contributed by atoms with Gasteiger partial charge in [0.1, 0.15) is 24.5 Å². The van der Waals surface area contributed by atoms with Crippen molar-refractivity contribution in [2.75, 3.05) is 13.1 Å². The van der Waals surface area contributed by atoms with Gasteiger partial charge in [0.15, 0.2) is 5.96 Å². The van der Waals surface area contributed by atoms with E-state index in [-0.39, 0.29) is 41.9 Å². The van der Waals surface area contributed by atoms with Gasteiger partial charge in [0.2, 0.25) is 5.89 Å². The van der Waals surface area contributed by atoms with E-state index < -0.39 is 5.60 Å². The Bertz CT molecular complexity index is 571. The minimum absolute atomic E-state index is 0. The van der Waals surface area contributed by atoms with Crippen LogP contribution in [0.2, 0.25) is 0 Å². The fourth-order valence-corrected chi connectivity index (χ4v) is 1.75. The fourth-order valence-electron chi connectivity index (χ4n) is 1.75. The number of aliphatic imine (C=N–C) groups is 1. The number of nitrogens with one attached hydrogen (secondary N) is 2. The normalized spacial score (nSPS) is 12.4. The lowest BCUT2D eigenvalue weighted by atomic mass is 9.94. The quantitative estimate of drug-likeness (QED) is 0.300. The van der Waals surface area contributed by atoms with Crippen LogP contribution in [0.25, 0.3) is 0 Å². The van der Waals surface area contributed by atoms with E-state index in [2.05, 4.69) is 41.4 Å². The Kier molecular flexibility index (Phi) is 9.45. The molecule has 1 aromatic rings. The molecule has 0 aliphatic rings. The Labute approximate surface area is 167 Å². The van der Waals surface area contributed by atoms with Crippen molar-refractivity contribution in [2.45, 2.75) is 66.0 Å². The molecule has 0 spiro atoms. The summed E-state index contributed by atoms with van der Waals surface area (Å²) in [5.74, 6) is 1.53. The molecule has 0 atom stereocenters. The molecule has 0 bridgehead atoms. The van der Waals surface area contributed by atoms with E-state index in [1.54, 1.807) is 6.20 Å². The largest absolute Gasteiger partial charge is 0.459 e. The third kappa shape index (κ3) is 9.66. The maximum Gasteiger partial charge on any atom is 0.325 e. The summed E-state index contributed by atoms with van der Waals surface area (Å²) in [5.41, 5.74) is -0.593. The number of oxazole rings is 1. The molecular formula is C17H31IN4O3. The SMILES string of the molecule is CCNC(=NCc1ncc(C(C)(C)C)o1)NCC(=O)OC(C)(C)C.I. The lowest BCUT2D eigenvalue weighted by Gasteiger charge is -2.20. The van der Waals surface area contributed by atoms with Crippen LogP contribution >= 0.6 is 24.0 Å². The van der Waals surface area contributed by atoms with Gasteiger partial charge in [0, 0.05) is 12.0 Å². The van der Waals surface area contributed by atoms with Crippen molar-refractivity contribution in [3.8, 4) is 0 Å². The van der Waals surface area contributed by atoms with Gasteiger partial charge in [0.05, 0.1) is 6.20 Å². The van der Waals surface area contributed by atoms with Crippen LogP contribution in [0.4, 0.5) is 0 Å². The Morgan fingerprint density at radius 2 is 1.88 bits per heavy atom. The van der Waals surface area contributed by atoms with Gasteiger partial charge >= 0.3 is 5.97 Å². The predicted octanol–water partition coefficient (Wildman–Crippen LogP) is 2.99. The Morgan fingerprint density at radius 3 is 2.36 bits per heavy atom. The number of ether oxygens (including phenoxy) is 1. The predicted molar refractivity (Wildman–Crippen MR) is 109 cm³/mol. The molecule has 0 aromatic carbocycles. The van der Waals surface area contributed by atoms with Crippen LogP contribution in [0, 0.1) is 0 Å². The Morgan fingerprint density at radius 1 is 1.24 bits per heavy atom. The van der Waals surface area contributed by atoms with Crippen LogP contribution in [-0.4, -0.2) is 35.6 Å². The maximum absolute atomic E-state index is 11.8. The fraction of sp³-hybridized carbons (Fsp3) is 0.706. The molecule has 2 N–H and O–H groups in total. The molecule has 0 aliphatic carbocycles.